The van der Waals surface area contributed by atoms with Crippen LogP contribution < -0.4 is 0 Å². The molecule has 2 saturated heterocycles. The van der Waals surface area contributed by atoms with Crippen LogP contribution in [0.1, 0.15) is 49.5 Å². The number of benzene rings is 1. The SMILES string of the molecule is Cc1ccccc1C(=O)C1CC2COCC(C1)N2C(=O)OC(C)(C)C. The highest BCUT2D eigenvalue weighted by atomic mass is 16.6. The molecule has 5 heteroatoms. The standard InChI is InChI=1S/C20H27NO4/c1-13-7-5-6-8-17(13)18(22)14-9-15-11-24-12-16(10-14)21(15)19(23)25-20(2,3)4/h5-8,14-16H,9-12H2,1-4H3. The maximum Gasteiger partial charge on any atom is 0.410 e. The van der Waals surface area contributed by atoms with Crippen LogP contribution in [0.3, 0.4) is 0 Å². The average Bonchev–Trinajstić information content (AvgIpc) is 2.51. The van der Waals surface area contributed by atoms with Crippen LogP contribution in [-0.4, -0.2) is 47.7 Å². The van der Waals surface area contributed by atoms with Gasteiger partial charge in [0.05, 0.1) is 25.3 Å². The Bertz CT molecular complexity index is 650. The molecule has 2 fully saturated rings. The predicted molar refractivity (Wildman–Crippen MR) is 94.7 cm³/mol. The summed E-state index contributed by atoms with van der Waals surface area (Å²) in [5, 5.41) is 0. The van der Waals surface area contributed by atoms with Crippen LogP contribution in [0.4, 0.5) is 4.79 Å². The van der Waals surface area contributed by atoms with Gasteiger partial charge in [-0.3, -0.25) is 9.69 Å². The normalized spacial score (nSPS) is 26.2. The lowest BCUT2D eigenvalue weighted by Crippen LogP contribution is -2.60. The Hall–Kier alpha value is -1.88. The monoisotopic (exact) mass is 345 g/mol. The summed E-state index contributed by atoms with van der Waals surface area (Å²) in [5.41, 5.74) is 1.26. The van der Waals surface area contributed by atoms with E-state index < -0.39 is 5.60 Å². The summed E-state index contributed by atoms with van der Waals surface area (Å²) in [5.74, 6) is 0.109. The molecule has 0 aromatic heterocycles. The third-order valence-electron chi connectivity index (χ3n) is 4.91. The van der Waals surface area contributed by atoms with E-state index in [0.717, 1.165) is 11.1 Å². The van der Waals surface area contributed by atoms with Crippen molar-refractivity contribution in [1.82, 2.24) is 4.90 Å². The summed E-state index contributed by atoms with van der Waals surface area (Å²) in [6.07, 6.45) is 0.957. The molecule has 5 nitrogen and oxygen atoms in total. The lowest BCUT2D eigenvalue weighted by atomic mass is 9.80. The number of nitrogens with zero attached hydrogens (tertiary/aromatic N) is 1. The van der Waals surface area contributed by atoms with Crippen molar-refractivity contribution >= 4 is 11.9 Å². The van der Waals surface area contributed by atoms with E-state index in [1.54, 1.807) is 4.90 Å². The summed E-state index contributed by atoms with van der Waals surface area (Å²) in [6.45, 7) is 8.50. The fraction of sp³-hybridized carbons (Fsp3) is 0.600. The molecule has 2 aliphatic heterocycles. The highest BCUT2D eigenvalue weighted by Crippen LogP contribution is 2.35. The van der Waals surface area contributed by atoms with Crippen LogP contribution in [-0.2, 0) is 9.47 Å². The predicted octanol–water partition coefficient (Wildman–Crippen LogP) is 3.59. The van der Waals surface area contributed by atoms with Gasteiger partial charge in [-0.25, -0.2) is 4.79 Å². The third kappa shape index (κ3) is 3.87. The van der Waals surface area contributed by atoms with E-state index in [2.05, 4.69) is 0 Å². The number of hydrogen-bond acceptors (Lipinski definition) is 4. The molecule has 1 aromatic rings. The minimum Gasteiger partial charge on any atom is -0.444 e. The van der Waals surface area contributed by atoms with Crippen molar-refractivity contribution in [3.63, 3.8) is 0 Å². The second-order valence-electron chi connectivity index (χ2n) is 8.08. The number of aryl methyl sites for hydroxylation is 1. The van der Waals surface area contributed by atoms with Gasteiger partial charge in [-0.05, 0) is 46.1 Å². The van der Waals surface area contributed by atoms with Crippen LogP contribution in [0.25, 0.3) is 0 Å². The molecule has 2 atom stereocenters. The highest BCUT2D eigenvalue weighted by molar-refractivity contribution is 5.99. The second kappa shape index (κ2) is 6.79. The summed E-state index contributed by atoms with van der Waals surface area (Å²) in [6, 6.07) is 7.51. The van der Waals surface area contributed by atoms with Crippen molar-refractivity contribution in [2.45, 2.75) is 58.2 Å². The number of morpholine rings is 1. The first kappa shape index (κ1) is 17.9. The Morgan fingerprint density at radius 1 is 1.12 bits per heavy atom. The first-order chi connectivity index (χ1) is 11.8. The fourth-order valence-corrected chi connectivity index (χ4v) is 3.81. The number of ether oxygens (including phenoxy) is 2. The molecular formula is C20H27NO4. The van der Waals surface area contributed by atoms with E-state index in [1.165, 1.54) is 0 Å². The Labute approximate surface area is 149 Å². The molecule has 2 heterocycles. The zero-order valence-corrected chi connectivity index (χ0v) is 15.5. The van der Waals surface area contributed by atoms with Crippen molar-refractivity contribution in [3.05, 3.63) is 35.4 Å². The van der Waals surface area contributed by atoms with Gasteiger partial charge in [-0.1, -0.05) is 24.3 Å². The number of ketones is 1. The lowest BCUT2D eigenvalue weighted by molar-refractivity contribution is -0.0861. The van der Waals surface area contributed by atoms with Gasteiger partial charge < -0.3 is 9.47 Å². The number of carbonyl (C=O) groups excluding carboxylic acids is 2. The lowest BCUT2D eigenvalue weighted by Gasteiger charge is -2.47. The van der Waals surface area contributed by atoms with Crippen LogP contribution in [0.15, 0.2) is 24.3 Å². The zero-order valence-electron chi connectivity index (χ0n) is 15.5. The molecule has 0 aliphatic carbocycles. The van der Waals surface area contributed by atoms with Crippen LogP contribution in [0.2, 0.25) is 0 Å². The Morgan fingerprint density at radius 3 is 2.28 bits per heavy atom. The largest absolute Gasteiger partial charge is 0.444 e. The van der Waals surface area contributed by atoms with E-state index in [0.29, 0.717) is 26.1 Å². The van der Waals surface area contributed by atoms with E-state index in [9.17, 15) is 9.59 Å². The molecule has 0 N–H and O–H groups in total. The van der Waals surface area contributed by atoms with E-state index in [1.807, 2.05) is 52.0 Å². The molecular weight excluding hydrogens is 318 g/mol. The number of rotatable bonds is 2. The molecule has 3 rings (SSSR count). The Morgan fingerprint density at radius 2 is 1.72 bits per heavy atom. The third-order valence-corrected chi connectivity index (χ3v) is 4.91. The van der Waals surface area contributed by atoms with E-state index in [-0.39, 0.29) is 29.9 Å². The number of amides is 1. The summed E-state index contributed by atoms with van der Waals surface area (Å²) < 4.78 is 11.2. The minimum absolute atomic E-state index is 0.0707. The van der Waals surface area contributed by atoms with Gasteiger partial charge in [0.15, 0.2) is 5.78 Å². The molecule has 0 saturated carbocycles. The summed E-state index contributed by atoms with van der Waals surface area (Å²) in [4.78, 5) is 27.4. The summed E-state index contributed by atoms with van der Waals surface area (Å²) in [7, 11) is 0. The van der Waals surface area contributed by atoms with Gasteiger partial charge in [0.1, 0.15) is 5.60 Å². The molecule has 0 radical (unpaired) electrons. The first-order valence-electron chi connectivity index (χ1n) is 8.95. The number of hydrogen-bond donors (Lipinski definition) is 0. The van der Waals surface area contributed by atoms with Crippen molar-refractivity contribution in [3.8, 4) is 0 Å². The molecule has 1 amide bonds. The topological polar surface area (TPSA) is 55.8 Å². The van der Waals surface area contributed by atoms with E-state index in [4.69, 9.17) is 9.47 Å². The highest BCUT2D eigenvalue weighted by Gasteiger charge is 2.45. The maximum absolute atomic E-state index is 13.0. The van der Waals surface area contributed by atoms with Gasteiger partial charge >= 0.3 is 6.09 Å². The first-order valence-corrected chi connectivity index (χ1v) is 8.95. The van der Waals surface area contributed by atoms with Gasteiger partial charge in [-0.2, -0.15) is 0 Å². The smallest absolute Gasteiger partial charge is 0.410 e. The quantitative estimate of drug-likeness (QED) is 0.769. The molecule has 25 heavy (non-hydrogen) atoms. The number of Topliss-reactive ketones (excluding diaryl/α,β-unsaturated/α-hetero) is 1. The second-order valence-corrected chi connectivity index (χ2v) is 8.08. The molecule has 136 valence electrons. The van der Waals surface area contributed by atoms with Crippen molar-refractivity contribution in [2.75, 3.05) is 13.2 Å². The number of carbonyl (C=O) groups is 2. The maximum atomic E-state index is 13.0. The van der Waals surface area contributed by atoms with Crippen molar-refractivity contribution in [2.24, 2.45) is 5.92 Å². The average molecular weight is 345 g/mol. The molecule has 2 aliphatic rings. The molecule has 2 unspecified atom stereocenters. The molecule has 2 bridgehead atoms. The van der Waals surface area contributed by atoms with Crippen molar-refractivity contribution in [1.29, 1.82) is 0 Å². The fourth-order valence-electron chi connectivity index (χ4n) is 3.81. The molecule has 1 aromatic carbocycles. The Kier molecular flexibility index (Phi) is 4.87. The Balaban J connectivity index is 1.76. The van der Waals surface area contributed by atoms with Gasteiger partial charge in [0.2, 0.25) is 0 Å². The van der Waals surface area contributed by atoms with Gasteiger partial charge in [0, 0.05) is 11.5 Å². The number of piperidine rings is 1. The van der Waals surface area contributed by atoms with E-state index >= 15 is 0 Å². The summed E-state index contributed by atoms with van der Waals surface area (Å²) >= 11 is 0. The zero-order chi connectivity index (χ0) is 18.2. The number of fused-ring (bicyclic) bond motifs is 2. The minimum atomic E-state index is -0.528. The van der Waals surface area contributed by atoms with Crippen LogP contribution in [0.5, 0.6) is 0 Å². The molecule has 0 spiro atoms. The van der Waals surface area contributed by atoms with Crippen LogP contribution >= 0.6 is 0 Å². The van der Waals surface area contributed by atoms with Gasteiger partial charge in [0.25, 0.3) is 0 Å². The van der Waals surface area contributed by atoms with Crippen LogP contribution in [0, 0.1) is 12.8 Å². The van der Waals surface area contributed by atoms with Gasteiger partial charge in [-0.15, -0.1) is 0 Å². The van der Waals surface area contributed by atoms with Crippen molar-refractivity contribution < 1.29 is 19.1 Å².